The molecule has 0 saturated carbocycles. The molecule has 0 atom stereocenters. The van der Waals surface area contributed by atoms with Crippen molar-refractivity contribution < 1.29 is 4.79 Å². The van der Waals surface area contributed by atoms with Gasteiger partial charge in [0.05, 0.1) is 11.4 Å². The average Bonchev–Trinajstić information content (AvgIpc) is 3.14. The number of thioether (sulfide) groups is 1. The van der Waals surface area contributed by atoms with Crippen molar-refractivity contribution in [3.05, 3.63) is 41.6 Å². The van der Waals surface area contributed by atoms with E-state index >= 15 is 0 Å². The predicted molar refractivity (Wildman–Crippen MR) is 112 cm³/mol. The highest BCUT2D eigenvalue weighted by molar-refractivity contribution is 7.99. The van der Waals surface area contributed by atoms with Gasteiger partial charge in [-0.1, -0.05) is 56.8 Å². The standard InChI is InChI=1S/C20H26N6OS/c1-13-11-16(26(6)24-13)21-17(27)12-28-19-23-22-18(25(19)5)14-7-9-15(10-8-14)20(2,3)4/h7-11H,12H2,1-6H3,(H,21,27). The number of rotatable bonds is 5. The van der Waals surface area contributed by atoms with Crippen LogP contribution in [0.3, 0.4) is 0 Å². The minimum atomic E-state index is -0.105. The summed E-state index contributed by atoms with van der Waals surface area (Å²) in [5, 5.41) is 16.3. The van der Waals surface area contributed by atoms with Gasteiger partial charge in [0, 0.05) is 25.7 Å². The zero-order valence-electron chi connectivity index (χ0n) is 17.1. The summed E-state index contributed by atoms with van der Waals surface area (Å²) < 4.78 is 3.57. The second-order valence-corrected chi connectivity index (χ2v) is 8.77. The second kappa shape index (κ2) is 7.79. The lowest BCUT2D eigenvalue weighted by Gasteiger charge is -2.19. The highest BCUT2D eigenvalue weighted by Gasteiger charge is 2.16. The summed E-state index contributed by atoms with van der Waals surface area (Å²) in [6.07, 6.45) is 0. The van der Waals surface area contributed by atoms with Gasteiger partial charge in [-0.25, -0.2) is 0 Å². The highest BCUT2D eigenvalue weighted by Crippen LogP contribution is 2.27. The fourth-order valence-corrected chi connectivity index (χ4v) is 3.56. The monoisotopic (exact) mass is 398 g/mol. The van der Waals surface area contributed by atoms with E-state index in [4.69, 9.17) is 0 Å². The van der Waals surface area contributed by atoms with Crippen molar-refractivity contribution >= 4 is 23.5 Å². The van der Waals surface area contributed by atoms with Crippen molar-refractivity contribution in [1.82, 2.24) is 24.5 Å². The summed E-state index contributed by atoms with van der Waals surface area (Å²) >= 11 is 1.36. The largest absolute Gasteiger partial charge is 0.310 e. The third kappa shape index (κ3) is 4.44. The number of nitrogens with zero attached hydrogens (tertiary/aromatic N) is 5. The molecule has 3 rings (SSSR count). The van der Waals surface area contributed by atoms with E-state index in [1.54, 1.807) is 11.7 Å². The van der Waals surface area contributed by atoms with Crippen LogP contribution in [-0.2, 0) is 24.3 Å². The first-order valence-corrected chi connectivity index (χ1v) is 10.1. The molecule has 1 N–H and O–H groups in total. The molecule has 1 aromatic carbocycles. The zero-order chi connectivity index (χ0) is 20.5. The lowest BCUT2D eigenvalue weighted by atomic mass is 9.87. The molecule has 8 heteroatoms. The first kappa shape index (κ1) is 20.1. The average molecular weight is 399 g/mol. The Morgan fingerprint density at radius 1 is 1.14 bits per heavy atom. The van der Waals surface area contributed by atoms with E-state index in [0.29, 0.717) is 11.0 Å². The third-order valence-corrected chi connectivity index (χ3v) is 5.47. The number of hydrogen-bond acceptors (Lipinski definition) is 5. The molecule has 3 aromatic rings. The van der Waals surface area contributed by atoms with Crippen molar-refractivity contribution in [2.45, 2.75) is 38.3 Å². The Kier molecular flexibility index (Phi) is 5.60. The van der Waals surface area contributed by atoms with Crippen LogP contribution < -0.4 is 5.32 Å². The van der Waals surface area contributed by atoms with Gasteiger partial charge in [0.25, 0.3) is 0 Å². The maximum Gasteiger partial charge on any atom is 0.235 e. The van der Waals surface area contributed by atoms with Gasteiger partial charge in [-0.05, 0) is 17.9 Å². The molecule has 0 fully saturated rings. The van der Waals surface area contributed by atoms with Gasteiger partial charge in [0.2, 0.25) is 5.91 Å². The summed E-state index contributed by atoms with van der Waals surface area (Å²) in [4.78, 5) is 12.2. The second-order valence-electron chi connectivity index (χ2n) is 7.82. The predicted octanol–water partition coefficient (Wildman–Crippen LogP) is 3.55. The summed E-state index contributed by atoms with van der Waals surface area (Å²) in [7, 11) is 3.72. The number of aromatic nitrogens is 5. The van der Waals surface area contributed by atoms with Crippen molar-refractivity contribution in [2.24, 2.45) is 14.1 Å². The third-order valence-electron chi connectivity index (χ3n) is 4.45. The fraction of sp³-hybridized carbons (Fsp3) is 0.400. The van der Waals surface area contributed by atoms with Crippen LogP contribution in [0.5, 0.6) is 0 Å². The maximum atomic E-state index is 12.2. The SMILES string of the molecule is Cc1cc(NC(=O)CSc2nnc(-c3ccc(C(C)(C)C)cc3)n2C)n(C)n1. The van der Waals surface area contributed by atoms with E-state index < -0.39 is 0 Å². The van der Waals surface area contributed by atoms with Crippen LogP contribution in [0.25, 0.3) is 11.4 Å². The fourth-order valence-electron chi connectivity index (χ4n) is 2.85. The van der Waals surface area contributed by atoms with Crippen molar-refractivity contribution in [3.8, 4) is 11.4 Å². The molecule has 0 saturated heterocycles. The summed E-state index contributed by atoms with van der Waals surface area (Å²) in [5.41, 5.74) is 3.25. The number of aryl methyl sites for hydroxylation is 2. The minimum Gasteiger partial charge on any atom is -0.310 e. The van der Waals surface area contributed by atoms with Crippen molar-refractivity contribution in [3.63, 3.8) is 0 Å². The zero-order valence-corrected chi connectivity index (χ0v) is 18.0. The lowest BCUT2D eigenvalue weighted by Crippen LogP contribution is -2.16. The maximum absolute atomic E-state index is 12.2. The molecule has 0 aliphatic rings. The first-order valence-electron chi connectivity index (χ1n) is 9.09. The molecule has 2 heterocycles. The Hall–Kier alpha value is -2.61. The van der Waals surface area contributed by atoms with E-state index in [-0.39, 0.29) is 17.1 Å². The number of benzene rings is 1. The van der Waals surface area contributed by atoms with Crippen molar-refractivity contribution in [2.75, 3.05) is 11.1 Å². The Bertz CT molecular complexity index is 981. The topological polar surface area (TPSA) is 77.6 Å². The molecule has 2 aromatic heterocycles. The van der Waals surface area contributed by atoms with E-state index in [1.807, 2.05) is 24.6 Å². The van der Waals surface area contributed by atoms with Gasteiger partial charge in [-0.3, -0.25) is 9.48 Å². The number of hydrogen-bond donors (Lipinski definition) is 1. The molecule has 0 aliphatic heterocycles. The molecule has 0 unspecified atom stereocenters. The molecule has 28 heavy (non-hydrogen) atoms. The summed E-state index contributed by atoms with van der Waals surface area (Å²) in [6, 6.07) is 10.2. The van der Waals surface area contributed by atoms with Gasteiger partial charge in [0.1, 0.15) is 5.82 Å². The van der Waals surface area contributed by atoms with Crippen LogP contribution in [0.2, 0.25) is 0 Å². The van der Waals surface area contributed by atoms with E-state index in [2.05, 4.69) is 65.6 Å². The molecule has 148 valence electrons. The summed E-state index contributed by atoms with van der Waals surface area (Å²) in [5.74, 6) is 1.61. The number of anilines is 1. The van der Waals surface area contributed by atoms with E-state index in [0.717, 1.165) is 17.1 Å². The number of nitrogens with one attached hydrogen (secondary N) is 1. The molecule has 7 nitrogen and oxygen atoms in total. The van der Waals surface area contributed by atoms with Crippen LogP contribution >= 0.6 is 11.8 Å². The normalized spacial score (nSPS) is 11.6. The van der Waals surface area contributed by atoms with Gasteiger partial charge >= 0.3 is 0 Å². The van der Waals surface area contributed by atoms with E-state index in [1.165, 1.54) is 17.3 Å². The Balaban J connectivity index is 1.66. The quantitative estimate of drug-likeness (QED) is 0.665. The van der Waals surface area contributed by atoms with Gasteiger partial charge in [-0.2, -0.15) is 5.10 Å². The molecule has 0 radical (unpaired) electrons. The number of carbonyl (C=O) groups is 1. The van der Waals surface area contributed by atoms with Crippen molar-refractivity contribution in [1.29, 1.82) is 0 Å². The molecule has 0 aliphatic carbocycles. The minimum absolute atomic E-state index is 0.105. The molecular formula is C20H26N6OS. The first-order chi connectivity index (χ1) is 13.1. The lowest BCUT2D eigenvalue weighted by molar-refractivity contribution is -0.113. The van der Waals surface area contributed by atoms with Crippen LogP contribution in [0.4, 0.5) is 5.82 Å². The molecular weight excluding hydrogens is 372 g/mol. The van der Waals surface area contributed by atoms with Crippen LogP contribution in [0.1, 0.15) is 32.0 Å². The summed E-state index contributed by atoms with van der Waals surface area (Å²) in [6.45, 7) is 8.46. The highest BCUT2D eigenvalue weighted by atomic mass is 32.2. The van der Waals surface area contributed by atoms with Crippen LogP contribution in [0.15, 0.2) is 35.5 Å². The Labute approximate surface area is 169 Å². The molecule has 1 amide bonds. The van der Waals surface area contributed by atoms with E-state index in [9.17, 15) is 4.79 Å². The number of carbonyl (C=O) groups excluding carboxylic acids is 1. The smallest absolute Gasteiger partial charge is 0.235 e. The van der Waals surface area contributed by atoms with Gasteiger partial charge in [-0.15, -0.1) is 10.2 Å². The van der Waals surface area contributed by atoms with Crippen LogP contribution in [-0.4, -0.2) is 36.2 Å². The number of amides is 1. The van der Waals surface area contributed by atoms with Gasteiger partial charge in [0.15, 0.2) is 11.0 Å². The van der Waals surface area contributed by atoms with Gasteiger partial charge < -0.3 is 9.88 Å². The Morgan fingerprint density at radius 2 is 1.82 bits per heavy atom. The Morgan fingerprint density at radius 3 is 2.39 bits per heavy atom. The molecule has 0 bridgehead atoms. The molecule has 0 spiro atoms. The van der Waals surface area contributed by atoms with Crippen LogP contribution in [0, 0.1) is 6.92 Å².